The molecule has 2 unspecified atom stereocenters. The van der Waals surface area contributed by atoms with E-state index in [1.807, 2.05) is 0 Å². The van der Waals surface area contributed by atoms with Crippen molar-refractivity contribution in [1.82, 2.24) is 21.3 Å². The Morgan fingerprint density at radius 3 is 1.43 bits per heavy atom. The summed E-state index contributed by atoms with van der Waals surface area (Å²) in [6, 6.07) is -1.11. The minimum atomic E-state index is -1.17. The number of nitrogens with one attached hydrogen (secondary N) is 4. The molecule has 0 aromatic heterocycles. The quantitative estimate of drug-likeness (QED) is 0.0357. The molecule has 0 saturated heterocycles. The van der Waals surface area contributed by atoms with Gasteiger partial charge in [-0.15, -0.1) is 0 Å². The Bertz CT molecular complexity index is 842. The number of aliphatic hydroxyl groups is 1. The van der Waals surface area contributed by atoms with Crippen molar-refractivity contribution >= 4 is 29.7 Å². The number of carbonyl (C=O) groups is 5. The molecule has 0 aromatic rings. The van der Waals surface area contributed by atoms with Crippen LogP contribution >= 0.6 is 0 Å². The number of unbranched alkanes of at least 4 members (excludes halogenated alkanes) is 14. The van der Waals surface area contributed by atoms with Crippen LogP contribution in [-0.2, 0) is 24.0 Å². The maximum Gasteiger partial charge on any atom is 0.326 e. The molecular weight excluding hydrogens is 604 g/mol. The number of carbonyl (C=O) groups excluding carboxylic acids is 3. The Morgan fingerprint density at radius 2 is 0.936 bits per heavy atom. The van der Waals surface area contributed by atoms with Gasteiger partial charge in [-0.05, 0) is 51.5 Å². The van der Waals surface area contributed by atoms with Crippen LogP contribution in [0.4, 0.5) is 0 Å². The lowest BCUT2D eigenvalue weighted by molar-refractivity contribution is -0.142. The van der Waals surface area contributed by atoms with Gasteiger partial charge in [0.05, 0.1) is 0 Å². The highest BCUT2D eigenvalue weighted by Crippen LogP contribution is 2.14. The van der Waals surface area contributed by atoms with Crippen molar-refractivity contribution in [3.63, 3.8) is 0 Å². The van der Waals surface area contributed by atoms with Crippen LogP contribution in [0.1, 0.15) is 161 Å². The molecule has 0 rings (SSSR count). The van der Waals surface area contributed by atoms with Gasteiger partial charge in [0.25, 0.3) is 0 Å². The molecule has 0 aliphatic heterocycles. The highest BCUT2D eigenvalue weighted by atomic mass is 16.4. The number of carboxylic acids is 2. The number of hydrogen-bond donors (Lipinski definition) is 7. The predicted molar refractivity (Wildman–Crippen MR) is 184 cm³/mol. The van der Waals surface area contributed by atoms with Crippen molar-refractivity contribution in [2.24, 2.45) is 0 Å². The fourth-order valence-electron chi connectivity index (χ4n) is 5.21. The van der Waals surface area contributed by atoms with Gasteiger partial charge < -0.3 is 31.3 Å². The predicted octanol–water partition coefficient (Wildman–Crippen LogP) is 5.16. The summed E-state index contributed by atoms with van der Waals surface area (Å²) in [4.78, 5) is 58.1. The van der Waals surface area contributed by atoms with Gasteiger partial charge in [0, 0.05) is 38.8 Å². The van der Waals surface area contributed by atoms with E-state index in [0.29, 0.717) is 45.3 Å². The Balaban J connectivity index is 3.71. The van der Waals surface area contributed by atoms with Crippen LogP contribution in [-0.4, -0.2) is 76.9 Å². The lowest BCUT2D eigenvalue weighted by Crippen LogP contribution is -2.42. The molecule has 0 fully saturated rings. The molecule has 7 N–H and O–H groups in total. The van der Waals surface area contributed by atoms with E-state index in [9.17, 15) is 34.2 Å². The third-order valence-corrected chi connectivity index (χ3v) is 8.12. The number of carboxylic acid groups (broad SMARTS) is 2. The molecule has 2 atom stereocenters. The molecule has 12 nitrogen and oxygen atoms in total. The van der Waals surface area contributed by atoms with Crippen LogP contribution in [0.25, 0.3) is 0 Å². The normalized spacial score (nSPS) is 12.3. The summed E-state index contributed by atoms with van der Waals surface area (Å²) >= 11 is 0. The number of amides is 3. The molecule has 0 spiro atoms. The van der Waals surface area contributed by atoms with Crippen molar-refractivity contribution in [1.29, 1.82) is 0 Å². The lowest BCUT2D eigenvalue weighted by Gasteiger charge is -2.18. The summed E-state index contributed by atoms with van der Waals surface area (Å²) in [5.74, 6) is -2.34. The first kappa shape index (κ1) is 44.3. The van der Waals surface area contributed by atoms with Gasteiger partial charge in [0.1, 0.15) is 12.3 Å². The molecule has 0 bridgehead atoms. The van der Waals surface area contributed by atoms with E-state index >= 15 is 0 Å². The van der Waals surface area contributed by atoms with Crippen LogP contribution in [0.5, 0.6) is 0 Å². The largest absolute Gasteiger partial charge is 0.481 e. The van der Waals surface area contributed by atoms with Crippen molar-refractivity contribution in [3.8, 4) is 0 Å². The Morgan fingerprint density at radius 1 is 0.511 bits per heavy atom. The maximum atomic E-state index is 12.2. The van der Waals surface area contributed by atoms with E-state index < -0.39 is 30.1 Å². The fourth-order valence-corrected chi connectivity index (χ4v) is 5.21. The van der Waals surface area contributed by atoms with E-state index in [-0.39, 0.29) is 37.5 Å². The van der Waals surface area contributed by atoms with Crippen molar-refractivity contribution in [3.05, 3.63) is 0 Å². The van der Waals surface area contributed by atoms with Gasteiger partial charge in [0.2, 0.25) is 17.7 Å². The average molecular weight is 671 g/mol. The number of hydrogen-bond acceptors (Lipinski definition) is 7. The Labute approximate surface area is 283 Å². The zero-order chi connectivity index (χ0) is 35.0. The smallest absolute Gasteiger partial charge is 0.326 e. The summed E-state index contributed by atoms with van der Waals surface area (Å²) < 4.78 is 0. The van der Waals surface area contributed by atoms with E-state index in [1.165, 1.54) is 51.4 Å². The number of aliphatic carboxylic acids is 2. The molecule has 0 heterocycles. The number of aliphatic hydroxyl groups excluding tert-OH is 1. The van der Waals surface area contributed by atoms with Gasteiger partial charge in [-0.25, -0.2) is 4.79 Å². The van der Waals surface area contributed by atoms with Crippen molar-refractivity contribution in [2.75, 3.05) is 19.6 Å². The molecule has 0 aliphatic rings. The lowest BCUT2D eigenvalue weighted by atomic mass is 10.0. The topological polar surface area (TPSA) is 194 Å². The second-order valence-corrected chi connectivity index (χ2v) is 12.6. The fraction of sp³-hybridized carbons (Fsp3) is 0.857. The third-order valence-electron chi connectivity index (χ3n) is 8.12. The first-order valence-electron chi connectivity index (χ1n) is 18.3. The van der Waals surface area contributed by atoms with Crippen LogP contribution in [0, 0.1) is 0 Å². The second-order valence-electron chi connectivity index (χ2n) is 12.6. The molecule has 47 heavy (non-hydrogen) atoms. The standard InChI is InChI=1S/C35H66N4O8/c1-2-3-26-36-31(41)21-18-27-38-32(42)25-24-29(35(46)47)39-33(43)22-19-28-37-30(40)20-16-14-12-10-8-6-4-5-7-9-11-13-15-17-23-34(44)45/h29,32,38,42H,2-28H2,1H3,(H,36,41)(H,37,40)(H,39,43)(H,44,45)(H,46,47). The van der Waals surface area contributed by atoms with Crippen LogP contribution < -0.4 is 21.3 Å². The second kappa shape index (κ2) is 31.8. The molecular formula is C35H66N4O8. The molecule has 0 aliphatic carbocycles. The van der Waals surface area contributed by atoms with Gasteiger partial charge in [-0.1, -0.05) is 90.4 Å². The van der Waals surface area contributed by atoms with Gasteiger partial charge >= 0.3 is 11.9 Å². The summed E-state index contributed by atoms with van der Waals surface area (Å²) in [6.07, 6.45) is 19.2. The highest BCUT2D eigenvalue weighted by molar-refractivity contribution is 5.83. The zero-order valence-electron chi connectivity index (χ0n) is 29.1. The molecule has 3 amide bonds. The van der Waals surface area contributed by atoms with Crippen LogP contribution in [0.3, 0.4) is 0 Å². The van der Waals surface area contributed by atoms with Crippen molar-refractivity contribution in [2.45, 2.75) is 173 Å². The van der Waals surface area contributed by atoms with Gasteiger partial charge in [-0.3, -0.25) is 24.5 Å². The Hall–Kier alpha value is -2.73. The maximum absolute atomic E-state index is 12.2. The van der Waals surface area contributed by atoms with Gasteiger partial charge in [0.15, 0.2) is 0 Å². The first-order valence-corrected chi connectivity index (χ1v) is 18.3. The molecule has 0 radical (unpaired) electrons. The number of rotatable bonds is 34. The molecule has 0 aromatic carbocycles. The third kappa shape index (κ3) is 31.6. The Kier molecular flexibility index (Phi) is 30.0. The van der Waals surface area contributed by atoms with E-state index in [1.54, 1.807) is 0 Å². The zero-order valence-corrected chi connectivity index (χ0v) is 29.1. The highest BCUT2D eigenvalue weighted by Gasteiger charge is 2.21. The molecule has 12 heteroatoms. The summed E-state index contributed by atoms with van der Waals surface area (Å²) in [6.45, 7) is 3.49. The van der Waals surface area contributed by atoms with Gasteiger partial charge in [-0.2, -0.15) is 0 Å². The molecule has 0 saturated carbocycles. The SMILES string of the molecule is CCCCNC(=O)CCCNC(O)CCC(NC(=O)CCCNC(=O)CCCCCCCCCCCCCCCCC(=O)O)C(=O)O. The minimum Gasteiger partial charge on any atom is -0.481 e. The minimum absolute atomic E-state index is 0.0283. The summed E-state index contributed by atoms with van der Waals surface area (Å²) in [5.41, 5.74) is 0. The van der Waals surface area contributed by atoms with E-state index in [4.69, 9.17) is 5.11 Å². The average Bonchev–Trinajstić information content (AvgIpc) is 3.03. The van der Waals surface area contributed by atoms with Crippen molar-refractivity contribution < 1.29 is 39.3 Å². The summed E-state index contributed by atoms with van der Waals surface area (Å²) in [7, 11) is 0. The summed E-state index contributed by atoms with van der Waals surface area (Å²) in [5, 5.41) is 39.2. The van der Waals surface area contributed by atoms with E-state index in [0.717, 1.165) is 51.4 Å². The molecule has 274 valence electrons. The monoisotopic (exact) mass is 670 g/mol. The first-order chi connectivity index (χ1) is 22.6. The van der Waals surface area contributed by atoms with Crippen LogP contribution in [0.2, 0.25) is 0 Å². The van der Waals surface area contributed by atoms with E-state index in [2.05, 4.69) is 28.2 Å². The van der Waals surface area contributed by atoms with Crippen LogP contribution in [0.15, 0.2) is 0 Å².